The lowest BCUT2D eigenvalue weighted by molar-refractivity contribution is -0.124. The van der Waals surface area contributed by atoms with Gasteiger partial charge in [0.25, 0.3) is 5.91 Å². The second-order valence-electron chi connectivity index (χ2n) is 7.19. The van der Waals surface area contributed by atoms with Crippen LogP contribution in [0.1, 0.15) is 53.9 Å². The fraction of sp³-hybridized carbons (Fsp3) is 0.812. The molecule has 1 amide bonds. The Hall–Kier alpha value is -0.840. The van der Waals surface area contributed by atoms with Gasteiger partial charge in [0.15, 0.2) is 0 Å². The highest BCUT2D eigenvalue weighted by molar-refractivity contribution is 7.90. The van der Waals surface area contributed by atoms with E-state index in [0.717, 1.165) is 23.6 Å². The van der Waals surface area contributed by atoms with E-state index >= 15 is 0 Å². The summed E-state index contributed by atoms with van der Waals surface area (Å²) in [4.78, 5) is 12.3. The number of allylic oxidation sites excluding steroid dienone is 1. The third-order valence-corrected chi connectivity index (χ3v) is 8.12. The Balaban J connectivity index is 2.44. The zero-order chi connectivity index (χ0) is 16.1. The molecule has 5 heteroatoms. The van der Waals surface area contributed by atoms with Crippen molar-refractivity contribution in [3.63, 3.8) is 0 Å². The number of sulfonamides is 1. The van der Waals surface area contributed by atoms with E-state index < -0.39 is 15.9 Å². The molecule has 1 spiro atoms. The molecule has 0 radical (unpaired) electrons. The van der Waals surface area contributed by atoms with Gasteiger partial charge in [-0.05, 0) is 37.5 Å². The first kappa shape index (κ1) is 16.5. The van der Waals surface area contributed by atoms with E-state index in [1.165, 1.54) is 6.08 Å². The van der Waals surface area contributed by atoms with Gasteiger partial charge < -0.3 is 0 Å². The van der Waals surface area contributed by atoms with E-state index in [1.807, 2.05) is 13.8 Å². The Morgan fingerprint density at radius 3 is 2.43 bits per heavy atom. The molecule has 2 rings (SSSR count). The topological polar surface area (TPSA) is 54.5 Å². The third kappa shape index (κ3) is 2.24. The van der Waals surface area contributed by atoms with Crippen LogP contribution in [0.4, 0.5) is 0 Å². The van der Waals surface area contributed by atoms with Crippen molar-refractivity contribution in [3.05, 3.63) is 12.2 Å². The summed E-state index contributed by atoms with van der Waals surface area (Å²) in [6.45, 7) is 10.3. The first-order valence-electron chi connectivity index (χ1n) is 7.83. The summed E-state index contributed by atoms with van der Waals surface area (Å²) >= 11 is 0. The van der Waals surface area contributed by atoms with E-state index in [0.29, 0.717) is 5.92 Å². The second-order valence-corrected chi connectivity index (χ2v) is 9.04. The highest BCUT2D eigenvalue weighted by Gasteiger charge is 2.64. The number of nitrogens with zero attached hydrogens (tertiary/aromatic N) is 1. The van der Waals surface area contributed by atoms with Crippen molar-refractivity contribution < 1.29 is 13.2 Å². The molecule has 0 bridgehead atoms. The van der Waals surface area contributed by atoms with E-state index in [1.54, 1.807) is 6.08 Å². The highest BCUT2D eigenvalue weighted by atomic mass is 32.2. The van der Waals surface area contributed by atoms with Gasteiger partial charge in [-0.3, -0.25) is 4.79 Å². The lowest BCUT2D eigenvalue weighted by Crippen LogP contribution is -2.47. The van der Waals surface area contributed by atoms with Crippen molar-refractivity contribution in [1.82, 2.24) is 4.31 Å². The Kier molecular flexibility index (Phi) is 4.02. The summed E-state index contributed by atoms with van der Waals surface area (Å²) in [6, 6.07) is -0.267. The van der Waals surface area contributed by atoms with Crippen molar-refractivity contribution >= 4 is 15.9 Å². The van der Waals surface area contributed by atoms with Crippen LogP contribution in [0, 0.1) is 16.7 Å². The number of hydrogen-bond acceptors (Lipinski definition) is 3. The smallest absolute Gasteiger partial charge is 0.259 e. The molecule has 3 unspecified atom stereocenters. The summed E-state index contributed by atoms with van der Waals surface area (Å²) in [7, 11) is -3.52. The predicted molar refractivity (Wildman–Crippen MR) is 84.1 cm³/mol. The van der Waals surface area contributed by atoms with Gasteiger partial charge in [-0.25, -0.2) is 12.7 Å². The molecule has 0 aromatic carbocycles. The maximum atomic E-state index is 12.6. The summed E-state index contributed by atoms with van der Waals surface area (Å²) in [5, 5.41) is 0. The SMILES string of the molecule is CC/C=C\C(=O)N1C(C)C2(CCC(C)C2(C)C)CS1(=O)=O. The molecule has 0 N–H and O–H groups in total. The molecular weight excluding hydrogens is 286 g/mol. The molecule has 21 heavy (non-hydrogen) atoms. The monoisotopic (exact) mass is 313 g/mol. The lowest BCUT2D eigenvalue weighted by atomic mass is 9.62. The Morgan fingerprint density at radius 2 is 1.95 bits per heavy atom. The Morgan fingerprint density at radius 1 is 1.33 bits per heavy atom. The molecule has 4 nitrogen and oxygen atoms in total. The molecule has 1 heterocycles. The first-order chi connectivity index (χ1) is 9.60. The minimum Gasteiger partial charge on any atom is -0.269 e. The molecule has 3 atom stereocenters. The van der Waals surface area contributed by atoms with Gasteiger partial charge in [-0.1, -0.05) is 33.8 Å². The number of amides is 1. The van der Waals surface area contributed by atoms with Gasteiger partial charge in [0.05, 0.1) is 11.8 Å². The van der Waals surface area contributed by atoms with Crippen LogP contribution < -0.4 is 0 Å². The van der Waals surface area contributed by atoms with Crippen LogP contribution in [0.3, 0.4) is 0 Å². The van der Waals surface area contributed by atoms with Crippen molar-refractivity contribution in [2.75, 3.05) is 5.75 Å². The quantitative estimate of drug-likeness (QED) is 0.737. The largest absolute Gasteiger partial charge is 0.269 e. The zero-order valence-corrected chi connectivity index (χ0v) is 14.5. The molecular formula is C16H27NO3S. The maximum Gasteiger partial charge on any atom is 0.259 e. The maximum absolute atomic E-state index is 12.6. The first-order valence-corrected chi connectivity index (χ1v) is 9.43. The van der Waals surface area contributed by atoms with Crippen molar-refractivity contribution in [2.24, 2.45) is 16.7 Å². The minimum atomic E-state index is -3.52. The number of rotatable bonds is 2. The fourth-order valence-corrected chi connectivity index (χ4v) is 6.82. The van der Waals surface area contributed by atoms with Crippen molar-refractivity contribution in [3.8, 4) is 0 Å². The number of carbonyl (C=O) groups excluding carboxylic acids is 1. The van der Waals surface area contributed by atoms with E-state index in [-0.39, 0.29) is 22.6 Å². The van der Waals surface area contributed by atoms with Crippen LogP contribution in [0.15, 0.2) is 12.2 Å². The molecule has 0 aromatic rings. The van der Waals surface area contributed by atoms with Crippen LogP contribution in [0.25, 0.3) is 0 Å². The predicted octanol–water partition coefficient (Wildman–Crippen LogP) is 2.96. The third-order valence-electron chi connectivity index (χ3n) is 6.14. The van der Waals surface area contributed by atoms with Crippen LogP contribution in [-0.2, 0) is 14.8 Å². The summed E-state index contributed by atoms with van der Waals surface area (Å²) < 4.78 is 26.3. The zero-order valence-electron chi connectivity index (χ0n) is 13.7. The lowest BCUT2D eigenvalue weighted by Gasteiger charge is -2.43. The molecule has 1 aliphatic carbocycles. The van der Waals surface area contributed by atoms with E-state index in [4.69, 9.17) is 0 Å². The number of carbonyl (C=O) groups is 1. The average molecular weight is 313 g/mol. The second kappa shape index (κ2) is 5.11. The molecule has 0 aromatic heterocycles. The highest BCUT2D eigenvalue weighted by Crippen LogP contribution is 2.62. The van der Waals surface area contributed by atoms with Gasteiger partial charge in [-0.15, -0.1) is 0 Å². The normalized spacial score (nSPS) is 37.7. The summed E-state index contributed by atoms with van der Waals surface area (Å²) in [6.07, 6.45) is 5.75. The van der Waals surface area contributed by atoms with Gasteiger partial charge in [0, 0.05) is 11.5 Å². The molecule has 1 aliphatic heterocycles. The Bertz CT molecular complexity index is 564. The molecule has 2 fully saturated rings. The summed E-state index contributed by atoms with van der Waals surface area (Å²) in [5.74, 6) is 0.178. The average Bonchev–Trinajstić information content (AvgIpc) is 2.73. The molecule has 1 saturated carbocycles. The van der Waals surface area contributed by atoms with Crippen LogP contribution >= 0.6 is 0 Å². The van der Waals surface area contributed by atoms with Gasteiger partial charge in [0.2, 0.25) is 10.0 Å². The van der Waals surface area contributed by atoms with Crippen LogP contribution in [0.2, 0.25) is 0 Å². The van der Waals surface area contributed by atoms with E-state index in [2.05, 4.69) is 20.8 Å². The van der Waals surface area contributed by atoms with Gasteiger partial charge in [0.1, 0.15) is 0 Å². The van der Waals surface area contributed by atoms with E-state index in [9.17, 15) is 13.2 Å². The summed E-state index contributed by atoms with van der Waals surface area (Å²) in [5.41, 5.74) is -0.399. The Labute approximate surface area is 128 Å². The molecule has 120 valence electrons. The number of hydrogen-bond donors (Lipinski definition) is 0. The van der Waals surface area contributed by atoms with Crippen molar-refractivity contribution in [2.45, 2.75) is 59.9 Å². The fourth-order valence-electron chi connectivity index (χ4n) is 4.25. The molecule has 1 saturated heterocycles. The minimum absolute atomic E-state index is 0.0804. The van der Waals surface area contributed by atoms with Gasteiger partial charge in [-0.2, -0.15) is 0 Å². The molecule has 2 aliphatic rings. The standard InChI is InChI=1S/C16H27NO3S/c1-6-7-8-14(18)17-13(3)16(11-21(17,19)20)10-9-12(2)15(16,4)5/h7-8,12-13H,6,9-11H2,1-5H3/b8-7-. The van der Waals surface area contributed by atoms with Crippen LogP contribution in [0.5, 0.6) is 0 Å². The van der Waals surface area contributed by atoms with Crippen LogP contribution in [-0.4, -0.2) is 30.4 Å². The van der Waals surface area contributed by atoms with Gasteiger partial charge >= 0.3 is 0 Å². The van der Waals surface area contributed by atoms with Crippen molar-refractivity contribution in [1.29, 1.82) is 0 Å².